The summed E-state index contributed by atoms with van der Waals surface area (Å²) in [5.74, 6) is 2.47. The third-order valence-electron chi connectivity index (χ3n) is 7.13. The molecule has 4 aliphatic rings. The summed E-state index contributed by atoms with van der Waals surface area (Å²) in [4.78, 5) is 11.6. The Kier molecular flexibility index (Phi) is 4.94. The fourth-order valence-corrected chi connectivity index (χ4v) is 7.65. The summed E-state index contributed by atoms with van der Waals surface area (Å²) in [7, 11) is -2.20. The molecule has 4 saturated carbocycles. The Morgan fingerprint density at radius 1 is 1.14 bits per heavy atom. The van der Waals surface area contributed by atoms with Crippen LogP contribution in [0.25, 0.3) is 0 Å². The largest absolute Gasteiger partial charge is 0.495 e. The average molecular weight is 407 g/mol. The maximum absolute atomic E-state index is 13.1. The van der Waals surface area contributed by atoms with Gasteiger partial charge in [0.05, 0.1) is 17.7 Å². The van der Waals surface area contributed by atoms with Crippen molar-refractivity contribution in [1.29, 1.82) is 0 Å². The van der Waals surface area contributed by atoms with E-state index in [1.165, 1.54) is 45.4 Å². The molecule has 0 aliphatic heterocycles. The normalized spacial score (nSPS) is 32.2. The second-order valence-electron chi connectivity index (χ2n) is 9.17. The summed E-state index contributed by atoms with van der Waals surface area (Å²) in [6, 6.07) is 4.47. The zero-order chi connectivity index (χ0) is 20.1. The highest BCUT2D eigenvalue weighted by molar-refractivity contribution is 7.89. The fourth-order valence-electron chi connectivity index (χ4n) is 6.28. The van der Waals surface area contributed by atoms with Crippen LogP contribution in [-0.4, -0.2) is 27.5 Å². The van der Waals surface area contributed by atoms with E-state index in [0.29, 0.717) is 11.4 Å². The van der Waals surface area contributed by atoms with Crippen molar-refractivity contribution in [2.75, 3.05) is 12.4 Å². The Morgan fingerprint density at radius 3 is 2.21 bits per heavy atom. The molecule has 0 aromatic heterocycles. The van der Waals surface area contributed by atoms with Gasteiger partial charge in [-0.15, -0.1) is 0 Å². The minimum absolute atomic E-state index is 0.0920. The molecule has 0 spiro atoms. The lowest BCUT2D eigenvalue weighted by Crippen LogP contribution is -2.55. The third kappa shape index (κ3) is 3.54. The number of ether oxygens (including phenoxy) is 1. The molecule has 154 valence electrons. The van der Waals surface area contributed by atoms with Crippen molar-refractivity contribution < 1.29 is 17.9 Å². The molecule has 1 atom stereocenters. The molecule has 0 radical (unpaired) electrons. The quantitative estimate of drug-likeness (QED) is 0.757. The van der Waals surface area contributed by atoms with Crippen molar-refractivity contribution >= 4 is 21.6 Å². The lowest BCUT2D eigenvalue weighted by atomic mass is 9.48. The summed E-state index contributed by atoms with van der Waals surface area (Å²) >= 11 is 0. The Hall–Kier alpha value is -1.60. The van der Waals surface area contributed by atoms with Crippen LogP contribution in [-0.2, 0) is 14.8 Å². The molecule has 0 heterocycles. The van der Waals surface area contributed by atoms with E-state index in [9.17, 15) is 13.2 Å². The SMILES string of the molecule is COc1ccc(S(=O)(=O)NC(C)C23CC4CC(CC(C4)C2)C3)cc1NC(C)=O. The first-order valence-corrected chi connectivity index (χ1v) is 11.7. The van der Waals surface area contributed by atoms with Crippen LogP contribution in [0.15, 0.2) is 23.1 Å². The molecule has 1 aromatic carbocycles. The number of carbonyl (C=O) groups is 1. The van der Waals surface area contributed by atoms with Crippen molar-refractivity contribution in [2.24, 2.45) is 23.2 Å². The van der Waals surface area contributed by atoms with Crippen molar-refractivity contribution in [3.05, 3.63) is 18.2 Å². The minimum atomic E-state index is -3.69. The van der Waals surface area contributed by atoms with Crippen molar-refractivity contribution in [3.8, 4) is 5.75 Å². The van der Waals surface area contributed by atoms with Gasteiger partial charge in [-0.25, -0.2) is 13.1 Å². The van der Waals surface area contributed by atoms with Gasteiger partial charge < -0.3 is 10.1 Å². The van der Waals surface area contributed by atoms with E-state index < -0.39 is 10.0 Å². The van der Waals surface area contributed by atoms with Crippen LogP contribution in [0.2, 0.25) is 0 Å². The van der Waals surface area contributed by atoms with Gasteiger partial charge in [-0.05, 0) is 86.8 Å². The molecule has 5 rings (SSSR count). The second kappa shape index (κ2) is 7.02. The third-order valence-corrected chi connectivity index (χ3v) is 8.67. The number of hydrogen-bond donors (Lipinski definition) is 2. The van der Waals surface area contributed by atoms with E-state index >= 15 is 0 Å². The van der Waals surface area contributed by atoms with Crippen LogP contribution in [0.4, 0.5) is 5.69 Å². The standard InChI is InChI=1S/C21H30N2O4S/c1-13(21-10-15-6-16(11-21)8-17(7-15)12-21)23-28(25,26)18-4-5-20(27-3)19(9-18)22-14(2)24/h4-5,9,13,15-17,23H,6-8,10-12H2,1-3H3,(H,22,24). The lowest BCUT2D eigenvalue weighted by molar-refractivity contribution is -0.114. The van der Waals surface area contributed by atoms with Crippen LogP contribution in [0.3, 0.4) is 0 Å². The molecule has 0 saturated heterocycles. The van der Waals surface area contributed by atoms with Gasteiger partial charge in [0.25, 0.3) is 0 Å². The van der Waals surface area contributed by atoms with Crippen molar-refractivity contribution in [3.63, 3.8) is 0 Å². The predicted octanol–water partition coefficient (Wildman–Crippen LogP) is 3.54. The Morgan fingerprint density at radius 2 is 1.71 bits per heavy atom. The second-order valence-corrected chi connectivity index (χ2v) is 10.9. The highest BCUT2D eigenvalue weighted by Gasteiger charge is 2.53. The first-order chi connectivity index (χ1) is 13.2. The van der Waals surface area contributed by atoms with Crippen LogP contribution in [0.1, 0.15) is 52.4 Å². The smallest absolute Gasteiger partial charge is 0.240 e. The topological polar surface area (TPSA) is 84.5 Å². The Balaban J connectivity index is 1.56. The van der Waals surface area contributed by atoms with Crippen molar-refractivity contribution in [2.45, 2.75) is 63.3 Å². The number of anilines is 1. The van der Waals surface area contributed by atoms with Gasteiger partial charge >= 0.3 is 0 Å². The number of amides is 1. The fraction of sp³-hybridized carbons (Fsp3) is 0.667. The van der Waals surface area contributed by atoms with Gasteiger partial charge in [0.15, 0.2) is 0 Å². The van der Waals surface area contributed by atoms with E-state index in [0.717, 1.165) is 37.0 Å². The first kappa shape index (κ1) is 19.7. The predicted molar refractivity (Wildman–Crippen MR) is 108 cm³/mol. The highest BCUT2D eigenvalue weighted by atomic mass is 32.2. The molecule has 1 unspecified atom stereocenters. The molecular weight excluding hydrogens is 376 g/mol. The Bertz CT molecular complexity index is 845. The number of rotatable bonds is 6. The molecule has 6 nitrogen and oxygen atoms in total. The van der Waals surface area contributed by atoms with Crippen LogP contribution in [0, 0.1) is 23.2 Å². The van der Waals surface area contributed by atoms with E-state index in [1.54, 1.807) is 6.07 Å². The molecule has 2 N–H and O–H groups in total. The molecule has 28 heavy (non-hydrogen) atoms. The average Bonchev–Trinajstić information content (AvgIpc) is 2.59. The lowest BCUT2D eigenvalue weighted by Gasteiger charge is -2.59. The van der Waals surface area contributed by atoms with Crippen LogP contribution < -0.4 is 14.8 Å². The molecule has 7 heteroatoms. The number of sulfonamides is 1. The number of nitrogens with one attached hydrogen (secondary N) is 2. The molecular formula is C21H30N2O4S. The van der Waals surface area contributed by atoms with Gasteiger partial charge in [-0.2, -0.15) is 0 Å². The van der Waals surface area contributed by atoms with Crippen LogP contribution >= 0.6 is 0 Å². The maximum atomic E-state index is 13.1. The van der Waals surface area contributed by atoms with Gasteiger partial charge in [0, 0.05) is 13.0 Å². The summed E-state index contributed by atoms with van der Waals surface area (Å²) in [6.07, 6.45) is 7.42. The van der Waals surface area contributed by atoms with E-state index in [2.05, 4.69) is 10.0 Å². The molecule has 4 aliphatic carbocycles. The summed E-state index contributed by atoms with van der Waals surface area (Å²) in [5.41, 5.74) is 0.453. The molecule has 4 fully saturated rings. The molecule has 1 aromatic rings. The summed E-state index contributed by atoms with van der Waals surface area (Å²) < 4.78 is 34.4. The first-order valence-electron chi connectivity index (χ1n) is 10.2. The summed E-state index contributed by atoms with van der Waals surface area (Å²) in [5, 5.41) is 2.64. The zero-order valence-corrected chi connectivity index (χ0v) is 17.6. The van der Waals surface area contributed by atoms with Gasteiger partial charge in [0.2, 0.25) is 15.9 Å². The van der Waals surface area contributed by atoms with E-state index in [4.69, 9.17) is 4.74 Å². The van der Waals surface area contributed by atoms with Crippen molar-refractivity contribution in [1.82, 2.24) is 4.72 Å². The number of methoxy groups -OCH3 is 1. The van der Waals surface area contributed by atoms with Gasteiger partial charge in [0.1, 0.15) is 5.75 Å². The number of benzene rings is 1. The van der Waals surface area contributed by atoms with Crippen LogP contribution in [0.5, 0.6) is 5.75 Å². The molecule has 4 bridgehead atoms. The Labute approximate surface area is 167 Å². The zero-order valence-electron chi connectivity index (χ0n) is 16.8. The van der Waals surface area contributed by atoms with E-state index in [1.807, 2.05) is 6.92 Å². The van der Waals surface area contributed by atoms with E-state index in [-0.39, 0.29) is 22.3 Å². The monoisotopic (exact) mass is 406 g/mol. The number of carbonyl (C=O) groups excluding carboxylic acids is 1. The van der Waals surface area contributed by atoms with Gasteiger partial charge in [-0.1, -0.05) is 0 Å². The molecule has 1 amide bonds. The number of hydrogen-bond acceptors (Lipinski definition) is 4. The minimum Gasteiger partial charge on any atom is -0.495 e. The van der Waals surface area contributed by atoms with Gasteiger partial charge in [-0.3, -0.25) is 4.79 Å². The highest BCUT2D eigenvalue weighted by Crippen LogP contribution is 2.61. The maximum Gasteiger partial charge on any atom is 0.240 e. The summed E-state index contributed by atoms with van der Waals surface area (Å²) in [6.45, 7) is 3.41.